The minimum absolute atomic E-state index is 0.0204. The number of likely N-dealkylation sites (N-methyl/N-ethyl adjacent to an activating group) is 1. The molecule has 21 heavy (non-hydrogen) atoms. The molecule has 0 aromatic rings. The number of carbonyl (C=O) groups is 2. The molecule has 3 atom stereocenters. The highest BCUT2D eigenvalue weighted by atomic mass is 32.2. The van der Waals surface area contributed by atoms with Gasteiger partial charge in [-0.3, -0.25) is 9.59 Å². The lowest BCUT2D eigenvalue weighted by atomic mass is 10.0. The van der Waals surface area contributed by atoms with E-state index in [0.29, 0.717) is 18.0 Å². The largest absolute Gasteiger partial charge is 0.336 e. The lowest BCUT2D eigenvalue weighted by Crippen LogP contribution is -2.53. The highest BCUT2D eigenvalue weighted by Gasteiger charge is 2.43. The molecule has 3 saturated heterocycles. The van der Waals surface area contributed by atoms with Crippen molar-refractivity contribution < 1.29 is 9.59 Å². The summed E-state index contributed by atoms with van der Waals surface area (Å²) in [6.07, 6.45) is 4.64. The number of amides is 2. The fraction of sp³-hybridized carbons (Fsp3) is 0.867. The summed E-state index contributed by atoms with van der Waals surface area (Å²) in [6.45, 7) is 3.57. The van der Waals surface area contributed by atoms with Crippen LogP contribution in [-0.4, -0.2) is 76.4 Å². The van der Waals surface area contributed by atoms with Crippen molar-refractivity contribution >= 4 is 23.6 Å². The molecule has 6 heteroatoms. The van der Waals surface area contributed by atoms with E-state index in [1.165, 1.54) is 12.8 Å². The maximum atomic E-state index is 12.9. The molecule has 118 valence electrons. The Hall–Kier alpha value is -0.750. The van der Waals surface area contributed by atoms with Gasteiger partial charge in [-0.1, -0.05) is 0 Å². The molecule has 0 aromatic heterocycles. The highest BCUT2D eigenvalue weighted by molar-refractivity contribution is 7.99. The van der Waals surface area contributed by atoms with Crippen LogP contribution in [0.4, 0.5) is 0 Å². The third kappa shape index (κ3) is 2.80. The van der Waals surface area contributed by atoms with Crippen molar-refractivity contribution in [1.82, 2.24) is 14.7 Å². The van der Waals surface area contributed by atoms with Crippen molar-refractivity contribution in [3.8, 4) is 0 Å². The molecular formula is C15H25N3O2S. The predicted octanol–water partition coefficient (Wildman–Crippen LogP) is 0.993. The highest BCUT2D eigenvalue weighted by Crippen LogP contribution is 2.31. The van der Waals surface area contributed by atoms with Crippen molar-refractivity contribution in [3.63, 3.8) is 0 Å². The van der Waals surface area contributed by atoms with Crippen LogP contribution in [0, 0.1) is 0 Å². The van der Waals surface area contributed by atoms with E-state index in [-0.39, 0.29) is 17.9 Å². The fourth-order valence-electron chi connectivity index (χ4n) is 4.04. The van der Waals surface area contributed by atoms with E-state index in [1.807, 2.05) is 0 Å². The van der Waals surface area contributed by atoms with Gasteiger partial charge in [-0.15, -0.1) is 11.8 Å². The third-order valence-corrected chi connectivity index (χ3v) is 6.19. The molecule has 2 amide bonds. The summed E-state index contributed by atoms with van der Waals surface area (Å²) in [5.41, 5.74) is 0. The van der Waals surface area contributed by atoms with Gasteiger partial charge in [0.05, 0.1) is 5.88 Å². The quantitative estimate of drug-likeness (QED) is 0.763. The fourth-order valence-corrected chi connectivity index (χ4v) is 5.25. The lowest BCUT2D eigenvalue weighted by molar-refractivity contribution is -0.143. The Morgan fingerprint density at radius 2 is 1.76 bits per heavy atom. The van der Waals surface area contributed by atoms with Crippen LogP contribution in [0.2, 0.25) is 0 Å². The zero-order chi connectivity index (χ0) is 15.0. The summed E-state index contributed by atoms with van der Waals surface area (Å²) in [5.74, 6) is 1.61. The second kappa shape index (κ2) is 6.16. The molecule has 0 radical (unpaired) electrons. The van der Waals surface area contributed by atoms with Gasteiger partial charge in [0.15, 0.2) is 0 Å². The summed E-state index contributed by atoms with van der Waals surface area (Å²) < 4.78 is 0. The summed E-state index contributed by atoms with van der Waals surface area (Å²) in [5, 5.41) is 0. The molecule has 5 nitrogen and oxygen atoms in total. The molecule has 3 heterocycles. The Labute approximate surface area is 131 Å². The van der Waals surface area contributed by atoms with Crippen molar-refractivity contribution in [2.45, 2.75) is 50.7 Å². The molecule has 3 aliphatic heterocycles. The van der Waals surface area contributed by atoms with E-state index in [0.717, 1.165) is 31.7 Å². The van der Waals surface area contributed by atoms with Crippen LogP contribution in [0.15, 0.2) is 0 Å². The molecular weight excluding hydrogens is 286 g/mol. The standard InChI is InChI=1S/C15H25N3O2S/c1-11(19)18-10-21-9-14(18)15(20)17-8-4-6-13(17)12-5-3-7-16(12)2/h12-14H,3-10H2,1-2H3/t12-,13+,14+/m0/s1. The van der Waals surface area contributed by atoms with Crippen LogP contribution in [0.5, 0.6) is 0 Å². The van der Waals surface area contributed by atoms with Gasteiger partial charge in [0.25, 0.3) is 0 Å². The zero-order valence-electron chi connectivity index (χ0n) is 13.0. The first kappa shape index (κ1) is 15.2. The van der Waals surface area contributed by atoms with E-state index in [1.54, 1.807) is 23.6 Å². The second-order valence-electron chi connectivity index (χ2n) is 6.44. The first-order valence-corrected chi connectivity index (χ1v) is 9.10. The SMILES string of the molecule is CC(=O)N1CSC[C@@H]1C(=O)N1CCC[C@@H]1[C@@H]1CCCN1C. The van der Waals surface area contributed by atoms with E-state index >= 15 is 0 Å². The second-order valence-corrected chi connectivity index (χ2v) is 7.44. The zero-order valence-corrected chi connectivity index (χ0v) is 13.8. The minimum Gasteiger partial charge on any atom is -0.336 e. The van der Waals surface area contributed by atoms with Gasteiger partial charge in [0, 0.05) is 31.3 Å². The van der Waals surface area contributed by atoms with Gasteiger partial charge in [-0.2, -0.15) is 0 Å². The number of carbonyl (C=O) groups excluding carboxylic acids is 2. The Balaban J connectivity index is 1.72. The van der Waals surface area contributed by atoms with E-state index < -0.39 is 0 Å². The van der Waals surface area contributed by atoms with E-state index in [2.05, 4.69) is 16.8 Å². The summed E-state index contributed by atoms with van der Waals surface area (Å²) >= 11 is 1.69. The first-order chi connectivity index (χ1) is 10.1. The summed E-state index contributed by atoms with van der Waals surface area (Å²) in [6, 6.07) is 0.625. The first-order valence-electron chi connectivity index (χ1n) is 7.95. The molecule has 0 aliphatic carbocycles. The Morgan fingerprint density at radius 1 is 1.05 bits per heavy atom. The van der Waals surface area contributed by atoms with E-state index in [9.17, 15) is 9.59 Å². The minimum atomic E-state index is -0.236. The molecule has 3 aliphatic rings. The molecule has 0 bridgehead atoms. The normalized spacial score (nSPS) is 33.9. The topological polar surface area (TPSA) is 43.9 Å². The summed E-state index contributed by atoms with van der Waals surface area (Å²) in [4.78, 5) is 30.9. The van der Waals surface area contributed by atoms with E-state index in [4.69, 9.17) is 0 Å². The van der Waals surface area contributed by atoms with Gasteiger partial charge in [0.2, 0.25) is 11.8 Å². The van der Waals surface area contributed by atoms with Gasteiger partial charge < -0.3 is 14.7 Å². The summed E-state index contributed by atoms with van der Waals surface area (Å²) in [7, 11) is 2.17. The number of nitrogens with zero attached hydrogens (tertiary/aromatic N) is 3. The van der Waals surface area contributed by atoms with Gasteiger partial charge in [-0.05, 0) is 39.3 Å². The Kier molecular flexibility index (Phi) is 4.45. The number of likely N-dealkylation sites (tertiary alicyclic amines) is 2. The number of rotatable bonds is 2. The van der Waals surface area contributed by atoms with Crippen LogP contribution in [0.25, 0.3) is 0 Å². The molecule has 0 spiro atoms. The average Bonchev–Trinajstić information content (AvgIpc) is 3.17. The van der Waals surface area contributed by atoms with Gasteiger partial charge >= 0.3 is 0 Å². The van der Waals surface area contributed by atoms with Crippen molar-refractivity contribution in [2.24, 2.45) is 0 Å². The molecule has 0 unspecified atom stereocenters. The number of hydrogen-bond donors (Lipinski definition) is 0. The van der Waals surface area contributed by atoms with Crippen LogP contribution in [0.3, 0.4) is 0 Å². The van der Waals surface area contributed by atoms with Gasteiger partial charge in [-0.25, -0.2) is 0 Å². The molecule has 0 saturated carbocycles. The smallest absolute Gasteiger partial charge is 0.246 e. The van der Waals surface area contributed by atoms with Crippen LogP contribution < -0.4 is 0 Å². The number of hydrogen-bond acceptors (Lipinski definition) is 4. The predicted molar refractivity (Wildman–Crippen MR) is 84.0 cm³/mol. The third-order valence-electron chi connectivity index (χ3n) is 5.18. The van der Waals surface area contributed by atoms with Crippen molar-refractivity contribution in [2.75, 3.05) is 31.8 Å². The van der Waals surface area contributed by atoms with Crippen molar-refractivity contribution in [3.05, 3.63) is 0 Å². The molecule has 0 aromatic carbocycles. The Bertz CT molecular complexity index is 431. The maximum Gasteiger partial charge on any atom is 0.246 e. The average molecular weight is 311 g/mol. The maximum absolute atomic E-state index is 12.9. The van der Waals surface area contributed by atoms with Gasteiger partial charge in [0.1, 0.15) is 6.04 Å². The molecule has 3 fully saturated rings. The monoisotopic (exact) mass is 311 g/mol. The molecule has 3 rings (SSSR count). The van der Waals surface area contributed by atoms with Crippen molar-refractivity contribution in [1.29, 1.82) is 0 Å². The Morgan fingerprint density at radius 3 is 2.43 bits per heavy atom. The van der Waals surface area contributed by atoms with Crippen LogP contribution in [0.1, 0.15) is 32.6 Å². The molecule has 0 N–H and O–H groups in total. The van der Waals surface area contributed by atoms with Crippen LogP contribution in [-0.2, 0) is 9.59 Å². The lowest BCUT2D eigenvalue weighted by Gasteiger charge is -2.35. The van der Waals surface area contributed by atoms with Crippen LogP contribution >= 0.6 is 11.8 Å². The number of thioether (sulfide) groups is 1.